The SMILES string of the molecule is CN(C)C(CNC(=O)Cc1ccc(S(=O)(=O)N2CCCC2)s1)c1cccs1. The number of carbonyl (C=O) groups is 1. The molecule has 1 fully saturated rings. The van der Waals surface area contributed by atoms with Crippen LogP contribution >= 0.6 is 22.7 Å². The minimum Gasteiger partial charge on any atom is -0.354 e. The zero-order valence-electron chi connectivity index (χ0n) is 15.6. The van der Waals surface area contributed by atoms with Crippen LogP contribution in [0.5, 0.6) is 0 Å². The van der Waals surface area contributed by atoms with Crippen LogP contribution in [0.25, 0.3) is 0 Å². The molecule has 0 radical (unpaired) electrons. The minimum absolute atomic E-state index is 0.0922. The summed E-state index contributed by atoms with van der Waals surface area (Å²) in [5.74, 6) is -0.0922. The number of amides is 1. The molecular formula is C18H25N3O3S3. The predicted octanol–water partition coefficient (Wildman–Crippen LogP) is 2.56. The number of nitrogens with zero attached hydrogens (tertiary/aromatic N) is 2. The lowest BCUT2D eigenvalue weighted by Gasteiger charge is -2.23. The van der Waals surface area contributed by atoms with Gasteiger partial charge in [-0.15, -0.1) is 22.7 Å². The summed E-state index contributed by atoms with van der Waals surface area (Å²) >= 11 is 2.87. The van der Waals surface area contributed by atoms with E-state index in [1.165, 1.54) is 20.5 Å². The van der Waals surface area contributed by atoms with Crippen LogP contribution in [0.4, 0.5) is 0 Å². The van der Waals surface area contributed by atoms with Gasteiger partial charge in [0.25, 0.3) is 10.0 Å². The molecule has 0 aromatic carbocycles. The van der Waals surface area contributed by atoms with Crippen molar-refractivity contribution in [3.8, 4) is 0 Å². The van der Waals surface area contributed by atoms with Gasteiger partial charge in [0.1, 0.15) is 4.21 Å². The van der Waals surface area contributed by atoms with Crippen LogP contribution < -0.4 is 5.32 Å². The molecule has 1 atom stereocenters. The summed E-state index contributed by atoms with van der Waals surface area (Å²) in [6.07, 6.45) is 2.03. The Bertz CT molecular complexity index is 854. The maximum atomic E-state index is 12.6. The number of rotatable bonds is 8. The van der Waals surface area contributed by atoms with Gasteiger partial charge in [-0.1, -0.05) is 6.07 Å². The first-order chi connectivity index (χ1) is 12.9. The highest BCUT2D eigenvalue weighted by atomic mass is 32.2. The molecule has 6 nitrogen and oxygen atoms in total. The molecule has 1 aliphatic rings. The van der Waals surface area contributed by atoms with Crippen molar-refractivity contribution in [2.75, 3.05) is 33.7 Å². The molecule has 3 heterocycles. The molecule has 0 bridgehead atoms. The third-order valence-corrected chi connectivity index (χ3v) is 9.04. The van der Waals surface area contributed by atoms with Crippen LogP contribution in [0.15, 0.2) is 33.9 Å². The summed E-state index contributed by atoms with van der Waals surface area (Å²) < 4.78 is 27.0. The Morgan fingerprint density at radius 1 is 1.26 bits per heavy atom. The van der Waals surface area contributed by atoms with E-state index in [0.29, 0.717) is 23.8 Å². The molecule has 1 aliphatic heterocycles. The summed E-state index contributed by atoms with van der Waals surface area (Å²) in [6.45, 7) is 1.70. The number of thiophene rings is 2. The standard InChI is InChI=1S/C18H25N3O3S3/c1-20(2)15(16-6-5-11-25-16)13-19-17(22)12-14-7-8-18(26-14)27(23,24)21-9-3-4-10-21/h5-8,11,15H,3-4,9-10,12-13H2,1-2H3,(H,19,22). The van der Waals surface area contributed by atoms with Crippen molar-refractivity contribution in [2.45, 2.75) is 29.5 Å². The van der Waals surface area contributed by atoms with Crippen LogP contribution in [0.3, 0.4) is 0 Å². The van der Waals surface area contributed by atoms with Gasteiger partial charge in [-0.3, -0.25) is 4.79 Å². The number of sulfonamides is 1. The topological polar surface area (TPSA) is 69.7 Å². The molecule has 9 heteroatoms. The van der Waals surface area contributed by atoms with E-state index in [2.05, 4.69) is 16.3 Å². The second-order valence-electron chi connectivity index (χ2n) is 6.81. The molecule has 1 N–H and O–H groups in total. The zero-order chi connectivity index (χ0) is 19.4. The van der Waals surface area contributed by atoms with Gasteiger partial charge in [0.15, 0.2) is 0 Å². The van der Waals surface area contributed by atoms with E-state index >= 15 is 0 Å². The molecule has 2 aromatic rings. The van der Waals surface area contributed by atoms with Crippen molar-refractivity contribution in [1.29, 1.82) is 0 Å². The largest absolute Gasteiger partial charge is 0.354 e. The normalized spacial score (nSPS) is 16.7. The Balaban J connectivity index is 1.58. The fraction of sp³-hybridized carbons (Fsp3) is 0.500. The average molecular weight is 428 g/mol. The van der Waals surface area contributed by atoms with Crippen LogP contribution in [-0.2, 0) is 21.2 Å². The number of nitrogens with one attached hydrogen (secondary N) is 1. The number of hydrogen-bond acceptors (Lipinski definition) is 6. The van der Waals surface area contributed by atoms with E-state index in [1.807, 2.05) is 25.5 Å². The highest BCUT2D eigenvalue weighted by Gasteiger charge is 2.28. The van der Waals surface area contributed by atoms with E-state index in [9.17, 15) is 13.2 Å². The summed E-state index contributed by atoms with van der Waals surface area (Å²) in [4.78, 5) is 16.4. The summed E-state index contributed by atoms with van der Waals surface area (Å²) in [6, 6.07) is 7.57. The first-order valence-corrected chi connectivity index (χ1v) is 12.1. The molecule has 3 rings (SSSR count). The molecule has 0 aliphatic carbocycles. The smallest absolute Gasteiger partial charge is 0.252 e. The lowest BCUT2D eigenvalue weighted by atomic mass is 10.2. The fourth-order valence-electron chi connectivity index (χ4n) is 3.10. The first kappa shape index (κ1) is 20.5. The third kappa shape index (κ3) is 4.97. The van der Waals surface area contributed by atoms with Gasteiger partial charge in [0.05, 0.1) is 12.5 Å². The van der Waals surface area contributed by atoms with Crippen LogP contribution in [-0.4, -0.2) is 57.3 Å². The molecule has 1 amide bonds. The van der Waals surface area contributed by atoms with Gasteiger partial charge in [-0.2, -0.15) is 4.31 Å². The van der Waals surface area contributed by atoms with Gasteiger partial charge in [-0.25, -0.2) is 8.42 Å². The van der Waals surface area contributed by atoms with Gasteiger partial charge in [-0.05, 0) is 50.5 Å². The molecule has 1 saturated heterocycles. The molecule has 0 spiro atoms. The number of carbonyl (C=O) groups excluding carboxylic acids is 1. The van der Waals surface area contributed by atoms with E-state index < -0.39 is 10.0 Å². The highest BCUT2D eigenvalue weighted by molar-refractivity contribution is 7.91. The van der Waals surface area contributed by atoms with Gasteiger partial charge < -0.3 is 10.2 Å². The van der Waals surface area contributed by atoms with Gasteiger partial charge in [0.2, 0.25) is 5.91 Å². The number of hydrogen-bond donors (Lipinski definition) is 1. The second-order valence-corrected chi connectivity index (χ2v) is 11.1. The Hall–Kier alpha value is -1.26. The predicted molar refractivity (Wildman–Crippen MR) is 110 cm³/mol. The average Bonchev–Trinajstić information content (AvgIpc) is 3.37. The van der Waals surface area contributed by atoms with E-state index in [0.717, 1.165) is 17.7 Å². The lowest BCUT2D eigenvalue weighted by Crippen LogP contribution is -2.34. The van der Waals surface area contributed by atoms with Crippen molar-refractivity contribution >= 4 is 38.6 Å². The molecule has 27 heavy (non-hydrogen) atoms. The Labute approximate surface area is 168 Å². The zero-order valence-corrected chi connectivity index (χ0v) is 18.0. The van der Waals surface area contributed by atoms with Crippen LogP contribution in [0, 0.1) is 0 Å². The van der Waals surface area contributed by atoms with Crippen molar-refractivity contribution < 1.29 is 13.2 Å². The molecule has 148 valence electrons. The Morgan fingerprint density at radius 3 is 2.63 bits per heavy atom. The summed E-state index contributed by atoms with van der Waals surface area (Å²) in [5.41, 5.74) is 0. The summed E-state index contributed by atoms with van der Waals surface area (Å²) in [5, 5.41) is 5.01. The lowest BCUT2D eigenvalue weighted by molar-refractivity contribution is -0.120. The molecular weight excluding hydrogens is 402 g/mol. The highest BCUT2D eigenvalue weighted by Crippen LogP contribution is 2.28. The third-order valence-electron chi connectivity index (χ3n) is 4.62. The van der Waals surface area contributed by atoms with E-state index in [1.54, 1.807) is 23.5 Å². The maximum absolute atomic E-state index is 12.6. The molecule has 1 unspecified atom stereocenters. The first-order valence-electron chi connectivity index (χ1n) is 8.93. The Morgan fingerprint density at radius 2 is 2.00 bits per heavy atom. The second kappa shape index (κ2) is 8.83. The molecule has 0 saturated carbocycles. The van der Waals surface area contributed by atoms with Crippen molar-refractivity contribution in [2.24, 2.45) is 0 Å². The van der Waals surface area contributed by atoms with Crippen molar-refractivity contribution in [1.82, 2.24) is 14.5 Å². The van der Waals surface area contributed by atoms with Crippen LogP contribution in [0.2, 0.25) is 0 Å². The quantitative estimate of drug-likeness (QED) is 0.703. The monoisotopic (exact) mass is 427 g/mol. The van der Waals surface area contributed by atoms with Crippen molar-refractivity contribution in [3.05, 3.63) is 39.4 Å². The van der Waals surface area contributed by atoms with Gasteiger partial charge in [0, 0.05) is 29.4 Å². The van der Waals surface area contributed by atoms with E-state index in [4.69, 9.17) is 0 Å². The summed E-state index contributed by atoms with van der Waals surface area (Å²) in [7, 11) is 0.577. The number of likely N-dealkylation sites (N-methyl/N-ethyl adjacent to an activating group) is 1. The maximum Gasteiger partial charge on any atom is 0.252 e. The molecule has 2 aromatic heterocycles. The fourth-order valence-corrected chi connectivity index (χ4v) is 7.05. The van der Waals surface area contributed by atoms with Crippen LogP contribution in [0.1, 0.15) is 28.6 Å². The van der Waals surface area contributed by atoms with Gasteiger partial charge >= 0.3 is 0 Å². The van der Waals surface area contributed by atoms with Crippen molar-refractivity contribution in [3.63, 3.8) is 0 Å². The van der Waals surface area contributed by atoms with E-state index in [-0.39, 0.29) is 18.4 Å². The minimum atomic E-state index is -3.41. The Kier molecular flexibility index (Phi) is 6.69.